The van der Waals surface area contributed by atoms with E-state index < -0.39 is 11.0 Å². The van der Waals surface area contributed by atoms with E-state index in [0.29, 0.717) is 18.6 Å². The molecule has 1 amide bonds. The number of carbonyl (C=O) groups is 1. The minimum absolute atomic E-state index is 0.0756. The summed E-state index contributed by atoms with van der Waals surface area (Å²) in [5, 5.41) is 12.7. The zero-order chi connectivity index (χ0) is 24.7. The number of ether oxygens (including phenoxy) is 2. The van der Waals surface area contributed by atoms with Crippen LogP contribution in [0.1, 0.15) is 48.8 Å². The molecule has 1 N–H and O–H groups in total. The molecule has 7 nitrogen and oxygen atoms in total. The number of carbonyl (C=O) groups excluding carboxylic acids is 1. The first-order chi connectivity index (χ1) is 17.5. The predicted octanol–water partition coefficient (Wildman–Crippen LogP) is 3.39. The van der Waals surface area contributed by atoms with Gasteiger partial charge in [0.2, 0.25) is 5.91 Å². The number of likely N-dealkylation sites (tertiary alicyclic amines) is 1. The van der Waals surface area contributed by atoms with Crippen LogP contribution in [0.2, 0.25) is 0 Å². The SMILES string of the molecule is COc1ccc2c3c1O[C@H]1[C@H](N(C)C(=O)/C=C/c4ccoc4)CC[C@@]4(O)[C@@H](C2)N(CC2CC2)CC[C@]314. The summed E-state index contributed by atoms with van der Waals surface area (Å²) in [4.78, 5) is 17.6. The Morgan fingerprint density at radius 3 is 2.89 bits per heavy atom. The highest BCUT2D eigenvalue weighted by atomic mass is 16.5. The van der Waals surface area contributed by atoms with Crippen LogP contribution in [0.25, 0.3) is 6.08 Å². The normalized spacial score (nSPS) is 34.4. The number of hydrogen-bond acceptors (Lipinski definition) is 6. The van der Waals surface area contributed by atoms with Crippen LogP contribution >= 0.6 is 0 Å². The summed E-state index contributed by atoms with van der Waals surface area (Å²) in [5.41, 5.74) is 1.82. The van der Waals surface area contributed by atoms with Gasteiger partial charge in [-0.3, -0.25) is 9.69 Å². The first kappa shape index (κ1) is 22.4. The zero-order valence-corrected chi connectivity index (χ0v) is 21.0. The lowest BCUT2D eigenvalue weighted by Gasteiger charge is -2.64. The first-order valence-electron chi connectivity index (χ1n) is 13.3. The minimum atomic E-state index is -0.886. The van der Waals surface area contributed by atoms with Gasteiger partial charge in [-0.15, -0.1) is 0 Å². The molecule has 7 heteroatoms. The molecule has 3 fully saturated rings. The van der Waals surface area contributed by atoms with Crippen LogP contribution in [-0.2, 0) is 16.6 Å². The molecule has 7 rings (SSSR count). The molecule has 1 aromatic heterocycles. The topological polar surface area (TPSA) is 75.4 Å². The van der Waals surface area contributed by atoms with E-state index in [1.54, 1.807) is 31.8 Å². The number of aliphatic hydroxyl groups is 1. The van der Waals surface area contributed by atoms with Gasteiger partial charge in [-0.1, -0.05) is 6.07 Å². The van der Waals surface area contributed by atoms with E-state index in [-0.39, 0.29) is 24.1 Å². The Balaban J connectivity index is 1.29. The Bertz CT molecular complexity index is 1220. The molecule has 1 aromatic carbocycles. The van der Waals surface area contributed by atoms with Crippen LogP contribution in [0.3, 0.4) is 0 Å². The molecule has 0 radical (unpaired) electrons. The Kier molecular flexibility index (Phi) is 4.90. The third kappa shape index (κ3) is 2.96. The van der Waals surface area contributed by atoms with Crippen LogP contribution in [-0.4, -0.2) is 71.8 Å². The summed E-state index contributed by atoms with van der Waals surface area (Å²) in [6.45, 7) is 2.03. The average Bonchev–Trinajstić information content (AvgIpc) is 3.40. The van der Waals surface area contributed by atoms with Gasteiger partial charge < -0.3 is 23.9 Å². The van der Waals surface area contributed by atoms with E-state index in [0.717, 1.165) is 48.7 Å². The van der Waals surface area contributed by atoms with Gasteiger partial charge in [0.15, 0.2) is 11.5 Å². The summed E-state index contributed by atoms with van der Waals surface area (Å²) < 4.78 is 17.6. The monoisotopic (exact) mass is 490 g/mol. The molecule has 1 saturated heterocycles. The third-order valence-corrected chi connectivity index (χ3v) is 9.74. The second-order valence-electron chi connectivity index (χ2n) is 11.4. The summed E-state index contributed by atoms with van der Waals surface area (Å²) in [6, 6.07) is 5.93. The van der Waals surface area contributed by atoms with E-state index >= 15 is 0 Å². The van der Waals surface area contributed by atoms with Crippen molar-refractivity contribution in [1.82, 2.24) is 9.80 Å². The number of amides is 1. The second-order valence-corrected chi connectivity index (χ2v) is 11.4. The molecule has 5 aliphatic rings. The maximum atomic E-state index is 13.3. The van der Waals surface area contributed by atoms with E-state index in [4.69, 9.17) is 13.9 Å². The average molecular weight is 491 g/mol. The summed E-state index contributed by atoms with van der Waals surface area (Å²) >= 11 is 0. The van der Waals surface area contributed by atoms with Gasteiger partial charge in [0.05, 0.1) is 36.7 Å². The van der Waals surface area contributed by atoms with Crippen molar-refractivity contribution in [2.75, 3.05) is 27.2 Å². The molecule has 36 heavy (non-hydrogen) atoms. The quantitative estimate of drug-likeness (QED) is 0.626. The molecular weight excluding hydrogens is 456 g/mol. The molecule has 190 valence electrons. The van der Waals surface area contributed by atoms with Gasteiger partial charge in [-0.2, -0.15) is 0 Å². The van der Waals surface area contributed by atoms with Crippen LogP contribution in [0.15, 0.2) is 41.2 Å². The van der Waals surface area contributed by atoms with Crippen LogP contribution in [0, 0.1) is 5.92 Å². The summed E-state index contributed by atoms with van der Waals surface area (Å²) in [7, 11) is 3.53. The molecule has 2 saturated carbocycles. The zero-order valence-electron chi connectivity index (χ0n) is 21.0. The predicted molar refractivity (Wildman–Crippen MR) is 134 cm³/mol. The van der Waals surface area contributed by atoms with E-state index in [1.165, 1.54) is 18.4 Å². The van der Waals surface area contributed by atoms with Crippen molar-refractivity contribution in [3.8, 4) is 11.5 Å². The summed E-state index contributed by atoms with van der Waals surface area (Å²) in [6.07, 6.45) is 11.9. The van der Waals surface area contributed by atoms with Crippen LogP contribution < -0.4 is 9.47 Å². The highest BCUT2D eigenvalue weighted by Gasteiger charge is 2.73. The minimum Gasteiger partial charge on any atom is -0.493 e. The van der Waals surface area contributed by atoms with Gasteiger partial charge in [-0.05, 0) is 74.8 Å². The Morgan fingerprint density at radius 1 is 1.28 bits per heavy atom. The number of nitrogens with zero attached hydrogens (tertiary/aromatic N) is 2. The fourth-order valence-electron chi connectivity index (χ4n) is 7.82. The molecular formula is C29H34N2O5. The number of likely N-dealkylation sites (N-methyl/N-ethyl adjacent to an activating group) is 1. The van der Waals surface area contributed by atoms with Gasteiger partial charge in [0.25, 0.3) is 0 Å². The maximum absolute atomic E-state index is 13.3. The molecule has 2 aromatic rings. The highest BCUT2D eigenvalue weighted by Crippen LogP contribution is 2.66. The highest BCUT2D eigenvalue weighted by molar-refractivity contribution is 5.92. The molecule has 1 spiro atoms. The Labute approximate surface area is 211 Å². The van der Waals surface area contributed by atoms with Crippen molar-refractivity contribution in [2.45, 2.75) is 67.7 Å². The molecule has 5 atom stereocenters. The number of benzene rings is 1. The number of hydrogen-bond donors (Lipinski definition) is 1. The van der Waals surface area contributed by atoms with E-state index in [2.05, 4.69) is 11.0 Å². The number of piperidine rings is 1. The molecule has 3 aliphatic carbocycles. The molecule has 0 unspecified atom stereocenters. The van der Waals surface area contributed by atoms with E-state index in [1.807, 2.05) is 24.1 Å². The van der Waals surface area contributed by atoms with Crippen LogP contribution in [0.4, 0.5) is 0 Å². The van der Waals surface area contributed by atoms with Crippen molar-refractivity contribution in [2.24, 2.45) is 5.92 Å². The van der Waals surface area contributed by atoms with Gasteiger partial charge in [0.1, 0.15) is 6.10 Å². The van der Waals surface area contributed by atoms with Gasteiger partial charge >= 0.3 is 0 Å². The van der Waals surface area contributed by atoms with Crippen molar-refractivity contribution in [3.63, 3.8) is 0 Å². The van der Waals surface area contributed by atoms with Crippen LogP contribution in [0.5, 0.6) is 11.5 Å². The summed E-state index contributed by atoms with van der Waals surface area (Å²) in [5.74, 6) is 2.18. The largest absolute Gasteiger partial charge is 0.493 e. The smallest absolute Gasteiger partial charge is 0.246 e. The fourth-order valence-corrected chi connectivity index (χ4v) is 7.82. The first-order valence-corrected chi connectivity index (χ1v) is 13.3. The fraction of sp³-hybridized carbons (Fsp3) is 0.552. The number of rotatable bonds is 6. The Morgan fingerprint density at radius 2 is 2.14 bits per heavy atom. The van der Waals surface area contributed by atoms with Crippen molar-refractivity contribution < 1.29 is 23.8 Å². The standard InChI is InChI=1S/C29H34N2O5/c1-30(24(32)8-5-19-10-14-35-17-19)21-9-11-29(33)23-15-20-6-7-22(34-2)26-25(20)28(29,27(21)36-26)12-13-31(23)16-18-3-4-18/h5-8,10,14,17-18,21,23,27,33H,3-4,9,11-13,15-16H2,1-2H3/b8-5+/t21-,23-,27+,28+,29-/m1/s1. The lowest BCUT2D eigenvalue weighted by molar-refractivity contribution is -0.200. The third-order valence-electron chi connectivity index (χ3n) is 9.74. The second kappa shape index (κ2) is 7.86. The Hall–Kier alpha value is -2.77. The van der Waals surface area contributed by atoms with Crippen molar-refractivity contribution >= 4 is 12.0 Å². The van der Waals surface area contributed by atoms with Crippen molar-refractivity contribution in [3.05, 3.63) is 53.5 Å². The van der Waals surface area contributed by atoms with E-state index in [9.17, 15) is 9.90 Å². The van der Waals surface area contributed by atoms with Gasteiger partial charge in [-0.25, -0.2) is 0 Å². The molecule has 2 aliphatic heterocycles. The van der Waals surface area contributed by atoms with Crippen molar-refractivity contribution in [1.29, 1.82) is 0 Å². The number of furan rings is 1. The number of methoxy groups -OCH3 is 1. The lowest BCUT2D eigenvalue weighted by Crippen LogP contribution is -2.78. The lowest BCUT2D eigenvalue weighted by atomic mass is 9.48. The molecule has 2 bridgehead atoms. The maximum Gasteiger partial charge on any atom is 0.246 e. The molecule has 3 heterocycles. The van der Waals surface area contributed by atoms with Gasteiger partial charge in [0, 0.05) is 36.8 Å².